The summed E-state index contributed by atoms with van der Waals surface area (Å²) < 4.78 is 15.0. The van der Waals surface area contributed by atoms with Crippen LogP contribution >= 0.6 is 0 Å². The number of pyridine rings is 1. The van der Waals surface area contributed by atoms with Crippen LogP contribution in [0, 0.1) is 12.7 Å². The number of rotatable bonds is 2. The van der Waals surface area contributed by atoms with Gasteiger partial charge in [-0.15, -0.1) is 0 Å². The predicted molar refractivity (Wildman–Crippen MR) is 65.4 cm³/mol. The molecule has 3 nitrogen and oxygen atoms in total. The molecule has 2 aromatic rings. The van der Waals surface area contributed by atoms with Gasteiger partial charge in [0.2, 0.25) is 0 Å². The second kappa shape index (κ2) is 4.41. The minimum Gasteiger partial charge on any atom is -0.399 e. The van der Waals surface area contributed by atoms with E-state index in [4.69, 9.17) is 5.73 Å². The topological polar surface area (TPSA) is 48.0 Å². The number of aryl methyl sites for hydroxylation is 1. The third-order valence-electron chi connectivity index (χ3n) is 2.57. The van der Waals surface area contributed by atoms with Gasteiger partial charge in [-0.1, -0.05) is 6.07 Å². The molecule has 1 heterocycles. The zero-order chi connectivity index (χ0) is 12.4. The maximum atomic E-state index is 13.6. The zero-order valence-corrected chi connectivity index (χ0v) is 9.48. The van der Waals surface area contributed by atoms with Gasteiger partial charge < -0.3 is 10.3 Å². The molecule has 0 amide bonds. The van der Waals surface area contributed by atoms with Gasteiger partial charge in [0.25, 0.3) is 5.56 Å². The van der Waals surface area contributed by atoms with Crippen LogP contribution in [0.4, 0.5) is 10.1 Å². The maximum Gasteiger partial charge on any atom is 0.251 e. The number of nitrogens with zero attached hydrogens (tertiary/aromatic N) is 1. The Hall–Kier alpha value is -2.10. The van der Waals surface area contributed by atoms with Gasteiger partial charge in [0.1, 0.15) is 5.82 Å². The molecule has 0 spiro atoms. The monoisotopic (exact) mass is 232 g/mol. The molecule has 2 rings (SSSR count). The molecule has 0 bridgehead atoms. The van der Waals surface area contributed by atoms with Crippen molar-refractivity contribution in [3.63, 3.8) is 0 Å². The van der Waals surface area contributed by atoms with Crippen LogP contribution in [0.15, 0.2) is 41.3 Å². The first kappa shape index (κ1) is 11.4. The van der Waals surface area contributed by atoms with Gasteiger partial charge in [-0.05, 0) is 30.7 Å². The smallest absolute Gasteiger partial charge is 0.251 e. The van der Waals surface area contributed by atoms with Crippen molar-refractivity contribution in [3.05, 3.63) is 63.8 Å². The van der Waals surface area contributed by atoms with Crippen LogP contribution in [-0.4, -0.2) is 4.57 Å². The molecule has 1 aromatic heterocycles. The van der Waals surface area contributed by atoms with Crippen LogP contribution < -0.4 is 11.3 Å². The average molecular weight is 232 g/mol. The fourth-order valence-electron chi connectivity index (χ4n) is 1.61. The lowest BCUT2D eigenvalue weighted by Crippen LogP contribution is -2.19. The summed E-state index contributed by atoms with van der Waals surface area (Å²) in [6.45, 7) is 2.06. The van der Waals surface area contributed by atoms with Crippen molar-refractivity contribution in [2.75, 3.05) is 5.73 Å². The van der Waals surface area contributed by atoms with Crippen molar-refractivity contribution >= 4 is 5.69 Å². The molecule has 88 valence electrons. The van der Waals surface area contributed by atoms with E-state index in [9.17, 15) is 9.18 Å². The Morgan fingerprint density at radius 2 is 2.06 bits per heavy atom. The van der Waals surface area contributed by atoms with Crippen LogP contribution in [-0.2, 0) is 6.54 Å². The Morgan fingerprint density at radius 1 is 1.29 bits per heavy atom. The number of hydrogen-bond acceptors (Lipinski definition) is 2. The van der Waals surface area contributed by atoms with E-state index in [0.29, 0.717) is 11.3 Å². The molecule has 1 aromatic carbocycles. The lowest BCUT2D eigenvalue weighted by atomic mass is 10.2. The van der Waals surface area contributed by atoms with Crippen LogP contribution in [0.5, 0.6) is 0 Å². The highest BCUT2D eigenvalue weighted by Gasteiger charge is 2.04. The lowest BCUT2D eigenvalue weighted by Gasteiger charge is -2.07. The van der Waals surface area contributed by atoms with E-state index in [1.54, 1.807) is 18.3 Å². The third-order valence-corrected chi connectivity index (χ3v) is 2.57. The average Bonchev–Trinajstić information content (AvgIpc) is 2.25. The number of nitrogen functional groups attached to an aromatic ring is 1. The van der Waals surface area contributed by atoms with Crippen molar-refractivity contribution < 1.29 is 4.39 Å². The summed E-state index contributed by atoms with van der Waals surface area (Å²) in [5.41, 5.74) is 7.04. The second-order valence-electron chi connectivity index (χ2n) is 4.02. The fraction of sp³-hybridized carbons (Fsp3) is 0.154. The quantitative estimate of drug-likeness (QED) is 0.804. The van der Waals surface area contributed by atoms with Gasteiger partial charge >= 0.3 is 0 Å². The Balaban J connectivity index is 2.35. The SMILES string of the molecule is Cc1ccn(Cc2ccc(N)cc2F)c(=O)c1. The summed E-state index contributed by atoms with van der Waals surface area (Å²) in [6, 6.07) is 7.81. The molecule has 0 aliphatic carbocycles. The van der Waals surface area contributed by atoms with E-state index in [0.717, 1.165) is 5.56 Å². The molecule has 17 heavy (non-hydrogen) atoms. The molecule has 0 saturated heterocycles. The normalized spacial score (nSPS) is 10.5. The van der Waals surface area contributed by atoms with Gasteiger partial charge in [0, 0.05) is 23.5 Å². The first-order valence-corrected chi connectivity index (χ1v) is 5.27. The highest BCUT2D eigenvalue weighted by atomic mass is 19.1. The minimum atomic E-state index is -0.391. The molecule has 0 aliphatic heterocycles. The van der Waals surface area contributed by atoms with Crippen molar-refractivity contribution in [1.29, 1.82) is 0 Å². The van der Waals surface area contributed by atoms with Crippen molar-refractivity contribution in [2.45, 2.75) is 13.5 Å². The highest BCUT2D eigenvalue weighted by Crippen LogP contribution is 2.12. The number of benzene rings is 1. The summed E-state index contributed by atoms with van der Waals surface area (Å²) in [5, 5.41) is 0. The van der Waals surface area contributed by atoms with Gasteiger partial charge in [-0.25, -0.2) is 4.39 Å². The molecular formula is C13H13FN2O. The van der Waals surface area contributed by atoms with Gasteiger partial charge in [-0.2, -0.15) is 0 Å². The lowest BCUT2D eigenvalue weighted by molar-refractivity contribution is 0.597. The largest absolute Gasteiger partial charge is 0.399 e. The van der Waals surface area contributed by atoms with E-state index in [2.05, 4.69) is 0 Å². The first-order valence-electron chi connectivity index (χ1n) is 5.27. The standard InChI is InChI=1S/C13H13FN2O/c1-9-4-5-16(13(17)6-9)8-10-2-3-11(15)7-12(10)14/h2-7H,8,15H2,1H3. The number of halogens is 1. The highest BCUT2D eigenvalue weighted by molar-refractivity contribution is 5.40. The Morgan fingerprint density at radius 3 is 2.71 bits per heavy atom. The van der Waals surface area contributed by atoms with Crippen LogP contribution in [0.3, 0.4) is 0 Å². The van der Waals surface area contributed by atoms with E-state index < -0.39 is 5.82 Å². The molecule has 0 atom stereocenters. The molecule has 0 unspecified atom stereocenters. The van der Waals surface area contributed by atoms with Crippen molar-refractivity contribution in [2.24, 2.45) is 0 Å². The predicted octanol–water partition coefficient (Wildman–Crippen LogP) is 1.93. The van der Waals surface area contributed by atoms with Crippen molar-refractivity contribution in [3.8, 4) is 0 Å². The van der Waals surface area contributed by atoms with E-state index >= 15 is 0 Å². The Bertz CT molecular complexity index is 605. The Labute approximate surface area is 98.3 Å². The molecule has 2 N–H and O–H groups in total. The summed E-state index contributed by atoms with van der Waals surface area (Å²) in [7, 11) is 0. The van der Waals surface area contributed by atoms with Crippen LogP contribution in [0.2, 0.25) is 0 Å². The molecule has 4 heteroatoms. The zero-order valence-electron chi connectivity index (χ0n) is 9.48. The van der Waals surface area contributed by atoms with E-state index in [1.165, 1.54) is 16.7 Å². The molecule has 0 saturated carbocycles. The van der Waals surface area contributed by atoms with Crippen LogP contribution in [0.25, 0.3) is 0 Å². The molecule has 0 aliphatic rings. The van der Waals surface area contributed by atoms with Gasteiger partial charge in [-0.3, -0.25) is 4.79 Å². The Kier molecular flexibility index (Phi) is 2.95. The first-order chi connectivity index (χ1) is 8.06. The molecular weight excluding hydrogens is 219 g/mol. The van der Waals surface area contributed by atoms with Crippen LogP contribution in [0.1, 0.15) is 11.1 Å². The molecule has 0 radical (unpaired) electrons. The van der Waals surface area contributed by atoms with Crippen molar-refractivity contribution in [1.82, 2.24) is 4.57 Å². The summed E-state index contributed by atoms with van der Waals surface area (Å²) >= 11 is 0. The van der Waals surface area contributed by atoms with Gasteiger partial charge in [0.15, 0.2) is 0 Å². The van der Waals surface area contributed by atoms with E-state index in [-0.39, 0.29) is 12.1 Å². The van der Waals surface area contributed by atoms with E-state index in [1.807, 2.05) is 13.0 Å². The molecule has 0 fully saturated rings. The number of aromatic nitrogens is 1. The maximum absolute atomic E-state index is 13.6. The number of anilines is 1. The van der Waals surface area contributed by atoms with Gasteiger partial charge in [0.05, 0.1) is 6.54 Å². The number of hydrogen-bond donors (Lipinski definition) is 1. The number of nitrogens with two attached hydrogens (primary N) is 1. The summed E-state index contributed by atoms with van der Waals surface area (Å²) in [6.07, 6.45) is 1.66. The minimum absolute atomic E-state index is 0.138. The fourth-order valence-corrected chi connectivity index (χ4v) is 1.61. The summed E-state index contributed by atoms with van der Waals surface area (Å²) in [5.74, 6) is -0.391. The second-order valence-corrected chi connectivity index (χ2v) is 4.02. The summed E-state index contributed by atoms with van der Waals surface area (Å²) in [4.78, 5) is 11.6. The third kappa shape index (κ3) is 2.53.